The highest BCUT2D eigenvalue weighted by Gasteiger charge is 1.98. The second-order valence-electron chi connectivity index (χ2n) is 2.10. The molecule has 2 aromatic rings. The molecule has 1 aromatic carbocycles. The number of benzene rings is 1. The zero-order valence-electron chi connectivity index (χ0n) is 6.68. The van der Waals surface area contributed by atoms with E-state index in [0.717, 1.165) is 5.56 Å². The number of nitrogens with one attached hydrogen (secondary N) is 1. The van der Waals surface area contributed by atoms with Gasteiger partial charge in [0.1, 0.15) is 0 Å². The molecule has 5 heteroatoms. The van der Waals surface area contributed by atoms with E-state index in [2.05, 4.69) is 20.6 Å². The summed E-state index contributed by atoms with van der Waals surface area (Å²) in [4.78, 5) is 0. The monoisotopic (exact) mass is 172 g/mol. The first-order chi connectivity index (χ1) is 6.47. The summed E-state index contributed by atoms with van der Waals surface area (Å²) in [7, 11) is 0. The average molecular weight is 172 g/mol. The van der Waals surface area contributed by atoms with E-state index in [-0.39, 0.29) is 0 Å². The molecular formula is C8H6N5-. The van der Waals surface area contributed by atoms with Gasteiger partial charge in [0.05, 0.1) is 0 Å². The summed E-state index contributed by atoms with van der Waals surface area (Å²) < 4.78 is 0. The Morgan fingerprint density at radius 1 is 1.15 bits per heavy atom. The fraction of sp³-hybridized carbons (Fsp3) is 0. The Morgan fingerprint density at radius 3 is 2.38 bits per heavy atom. The van der Waals surface area contributed by atoms with E-state index in [1.807, 2.05) is 30.3 Å². The lowest BCUT2D eigenvalue weighted by Crippen LogP contribution is -1.78. The van der Waals surface area contributed by atoms with E-state index in [0.29, 0.717) is 5.82 Å². The topological polar surface area (TPSA) is 78.2 Å². The normalized spacial score (nSPS) is 8.46. The molecule has 0 saturated carbocycles. The van der Waals surface area contributed by atoms with Gasteiger partial charge in [-0.25, -0.2) is 0 Å². The van der Waals surface area contributed by atoms with Crippen LogP contribution in [0, 0.1) is 11.8 Å². The third-order valence-electron chi connectivity index (χ3n) is 1.38. The number of nitrogens with zero attached hydrogens (tertiary/aromatic N) is 4. The van der Waals surface area contributed by atoms with Crippen LogP contribution in [0.1, 0.15) is 0 Å². The summed E-state index contributed by atoms with van der Waals surface area (Å²) in [6.45, 7) is 4.75. The SMILES string of the molecule is [C-]#N.c1ccc(-c2nn[nH]n2)cc1. The largest absolute Gasteiger partial charge is 0.512 e. The molecule has 0 spiro atoms. The first-order valence-corrected chi connectivity index (χ1v) is 3.48. The predicted molar refractivity (Wildman–Crippen MR) is 44.6 cm³/mol. The van der Waals surface area contributed by atoms with E-state index in [4.69, 9.17) is 11.8 Å². The molecule has 64 valence electrons. The van der Waals surface area contributed by atoms with Gasteiger partial charge in [0.15, 0.2) is 0 Å². The van der Waals surface area contributed by atoms with Crippen LogP contribution in [0.2, 0.25) is 0 Å². The van der Waals surface area contributed by atoms with E-state index in [9.17, 15) is 0 Å². The van der Waals surface area contributed by atoms with Crippen molar-refractivity contribution in [3.05, 3.63) is 36.9 Å². The maximum atomic E-state index is 6.25. The van der Waals surface area contributed by atoms with Gasteiger partial charge in [-0.1, -0.05) is 30.3 Å². The summed E-state index contributed by atoms with van der Waals surface area (Å²) in [5.41, 5.74) is 0.973. The van der Waals surface area contributed by atoms with Crippen molar-refractivity contribution in [3.63, 3.8) is 0 Å². The summed E-state index contributed by atoms with van der Waals surface area (Å²) >= 11 is 0. The van der Waals surface area contributed by atoms with E-state index < -0.39 is 0 Å². The van der Waals surface area contributed by atoms with Crippen LogP contribution in [0.4, 0.5) is 0 Å². The molecule has 0 atom stereocenters. The first kappa shape index (κ1) is 8.87. The molecule has 0 aliphatic carbocycles. The maximum absolute atomic E-state index is 6.25. The zero-order chi connectivity index (χ0) is 9.52. The third-order valence-corrected chi connectivity index (χ3v) is 1.38. The summed E-state index contributed by atoms with van der Waals surface area (Å²) in [6.07, 6.45) is 0. The second kappa shape index (κ2) is 4.62. The number of aromatic amines is 1. The number of H-pyrrole nitrogens is 1. The standard InChI is InChI=1S/C7H6N4.CN/c1-2-4-6(5-3-1)7-8-10-11-9-7;1-2/h1-5H,(H,8,9,10,11);/q;-1. The van der Waals surface area contributed by atoms with E-state index in [1.54, 1.807) is 0 Å². The molecule has 0 aliphatic rings. The lowest BCUT2D eigenvalue weighted by molar-refractivity contribution is 0.881. The Bertz CT molecular complexity index is 351. The predicted octanol–water partition coefficient (Wildman–Crippen LogP) is 0.963. The van der Waals surface area contributed by atoms with Crippen LogP contribution in [0.3, 0.4) is 0 Å². The minimum atomic E-state index is 0.630. The highest BCUT2D eigenvalue weighted by molar-refractivity contribution is 5.52. The lowest BCUT2D eigenvalue weighted by Gasteiger charge is -1.89. The van der Waals surface area contributed by atoms with Crippen molar-refractivity contribution in [2.75, 3.05) is 0 Å². The molecule has 5 nitrogen and oxygen atoms in total. The number of hydrogen-bond acceptors (Lipinski definition) is 4. The zero-order valence-corrected chi connectivity index (χ0v) is 6.68. The van der Waals surface area contributed by atoms with Crippen molar-refractivity contribution < 1.29 is 0 Å². The molecule has 1 N–H and O–H groups in total. The smallest absolute Gasteiger partial charge is 0.204 e. The fourth-order valence-corrected chi connectivity index (χ4v) is 0.871. The molecular weight excluding hydrogens is 166 g/mol. The van der Waals surface area contributed by atoms with Crippen LogP contribution in [-0.4, -0.2) is 20.6 Å². The number of tetrazole rings is 1. The van der Waals surface area contributed by atoms with Gasteiger partial charge >= 0.3 is 0 Å². The van der Waals surface area contributed by atoms with E-state index in [1.165, 1.54) is 0 Å². The van der Waals surface area contributed by atoms with Gasteiger partial charge < -0.3 is 11.8 Å². The van der Waals surface area contributed by atoms with Crippen molar-refractivity contribution >= 4 is 0 Å². The summed E-state index contributed by atoms with van der Waals surface area (Å²) in [6, 6.07) is 9.69. The van der Waals surface area contributed by atoms with Gasteiger partial charge in [0.25, 0.3) is 0 Å². The third kappa shape index (κ3) is 2.10. The molecule has 1 aromatic heterocycles. The minimum Gasteiger partial charge on any atom is -0.512 e. The van der Waals surface area contributed by atoms with Crippen LogP contribution in [0.15, 0.2) is 30.3 Å². The van der Waals surface area contributed by atoms with Crippen molar-refractivity contribution in [2.24, 2.45) is 0 Å². The first-order valence-electron chi connectivity index (χ1n) is 3.48. The van der Waals surface area contributed by atoms with Crippen molar-refractivity contribution in [3.8, 4) is 11.4 Å². The van der Waals surface area contributed by atoms with Crippen LogP contribution >= 0.6 is 0 Å². The maximum Gasteiger partial charge on any atom is 0.204 e. The van der Waals surface area contributed by atoms with Crippen LogP contribution in [0.5, 0.6) is 0 Å². The Hall–Kier alpha value is -2.22. The Kier molecular flexibility index (Phi) is 3.15. The van der Waals surface area contributed by atoms with Crippen molar-refractivity contribution in [1.29, 1.82) is 5.26 Å². The molecule has 1 heterocycles. The fourth-order valence-electron chi connectivity index (χ4n) is 0.871. The Balaban J connectivity index is 0.000000396. The Labute approximate surface area is 75.0 Å². The molecule has 0 amide bonds. The molecule has 0 saturated heterocycles. The molecule has 0 aliphatic heterocycles. The molecule has 0 bridgehead atoms. The van der Waals surface area contributed by atoms with Gasteiger partial charge in [-0.3, -0.25) is 0 Å². The molecule has 2 rings (SSSR count). The van der Waals surface area contributed by atoms with Gasteiger partial charge in [0.2, 0.25) is 5.82 Å². The molecule has 0 fully saturated rings. The highest BCUT2D eigenvalue weighted by Crippen LogP contribution is 2.10. The minimum absolute atomic E-state index is 0.630. The highest BCUT2D eigenvalue weighted by atomic mass is 15.5. The van der Waals surface area contributed by atoms with Crippen LogP contribution in [-0.2, 0) is 0 Å². The lowest BCUT2D eigenvalue weighted by atomic mass is 10.2. The van der Waals surface area contributed by atoms with Crippen LogP contribution in [0.25, 0.3) is 11.4 Å². The average Bonchev–Trinajstić information content (AvgIpc) is 2.75. The van der Waals surface area contributed by atoms with Gasteiger partial charge in [-0.2, -0.15) is 5.21 Å². The second-order valence-corrected chi connectivity index (χ2v) is 2.10. The van der Waals surface area contributed by atoms with Crippen molar-refractivity contribution in [1.82, 2.24) is 20.6 Å². The van der Waals surface area contributed by atoms with Gasteiger partial charge in [0, 0.05) is 5.56 Å². The van der Waals surface area contributed by atoms with Crippen molar-refractivity contribution in [2.45, 2.75) is 0 Å². The number of rotatable bonds is 1. The Morgan fingerprint density at radius 2 is 1.85 bits per heavy atom. The van der Waals surface area contributed by atoms with Gasteiger partial charge in [-0.15, -0.1) is 10.2 Å². The van der Waals surface area contributed by atoms with Crippen LogP contribution < -0.4 is 0 Å². The summed E-state index contributed by atoms with van der Waals surface area (Å²) in [5, 5.41) is 19.8. The summed E-state index contributed by atoms with van der Waals surface area (Å²) in [5.74, 6) is 0.630. The molecule has 0 unspecified atom stereocenters. The number of hydrogen-bond donors (Lipinski definition) is 1. The quantitative estimate of drug-likeness (QED) is 0.650. The number of aromatic nitrogens is 4. The molecule has 13 heavy (non-hydrogen) atoms. The molecule has 0 radical (unpaired) electrons. The van der Waals surface area contributed by atoms with E-state index >= 15 is 0 Å². The van der Waals surface area contributed by atoms with Gasteiger partial charge in [-0.05, 0) is 5.21 Å².